The molecule has 2 aliphatic heterocycles. The molecule has 0 aliphatic carbocycles. The SMILES string of the molecule is C#CCCC1(CCOc2ccc(-c3ccc(N(C(=O)O)C(C)(C)C)cc3)cc2)N=N1.C#CCCC1(CCOc2ccc(-c3ccc(N)cc3)cc2)N=N1. The summed E-state index contributed by atoms with van der Waals surface area (Å²) in [5, 5.41) is 26.0. The number of terminal acetylenes is 2. The Kier molecular flexibility index (Phi) is 12.2. The van der Waals surface area contributed by atoms with E-state index in [4.69, 9.17) is 28.1 Å². The first-order chi connectivity index (χ1) is 25.4. The van der Waals surface area contributed by atoms with E-state index in [0.29, 0.717) is 31.7 Å². The monoisotopic (exact) mass is 710 g/mol. The fourth-order valence-corrected chi connectivity index (χ4v) is 5.75. The van der Waals surface area contributed by atoms with Crippen molar-refractivity contribution < 1.29 is 19.4 Å². The molecule has 0 saturated heterocycles. The molecule has 10 nitrogen and oxygen atoms in total. The van der Waals surface area contributed by atoms with Gasteiger partial charge in [-0.25, -0.2) is 4.79 Å². The number of anilines is 2. The van der Waals surface area contributed by atoms with E-state index in [9.17, 15) is 9.90 Å². The average Bonchev–Trinajstić information content (AvgIpc) is 4.09. The number of ether oxygens (including phenoxy) is 2. The van der Waals surface area contributed by atoms with Crippen LogP contribution in [0.3, 0.4) is 0 Å². The van der Waals surface area contributed by atoms with Crippen molar-refractivity contribution in [3.63, 3.8) is 0 Å². The Labute approximate surface area is 312 Å². The molecule has 4 aromatic rings. The zero-order valence-corrected chi connectivity index (χ0v) is 30.5. The highest BCUT2D eigenvalue weighted by molar-refractivity contribution is 5.88. The smallest absolute Gasteiger partial charge is 0.412 e. The number of nitrogens with zero attached hydrogens (tertiary/aromatic N) is 5. The Hall–Kier alpha value is -6.13. The van der Waals surface area contributed by atoms with Crippen molar-refractivity contribution in [3.8, 4) is 58.4 Å². The number of carboxylic acid groups (broad SMARTS) is 1. The van der Waals surface area contributed by atoms with Gasteiger partial charge in [-0.05, 0) is 91.6 Å². The Morgan fingerprint density at radius 2 is 1.02 bits per heavy atom. The van der Waals surface area contributed by atoms with Crippen LogP contribution in [0.25, 0.3) is 22.3 Å². The Bertz CT molecular complexity index is 1960. The number of nitrogens with two attached hydrogens (primary N) is 1. The Morgan fingerprint density at radius 1 is 0.660 bits per heavy atom. The highest BCUT2D eigenvalue weighted by Crippen LogP contribution is 2.38. The van der Waals surface area contributed by atoms with Crippen molar-refractivity contribution in [2.75, 3.05) is 23.8 Å². The molecule has 1 amide bonds. The largest absolute Gasteiger partial charge is 0.493 e. The number of hydrogen-bond donors (Lipinski definition) is 2. The van der Waals surface area contributed by atoms with Crippen LogP contribution in [0.4, 0.5) is 16.2 Å². The van der Waals surface area contributed by atoms with Gasteiger partial charge < -0.3 is 20.3 Å². The molecule has 53 heavy (non-hydrogen) atoms. The molecule has 0 bridgehead atoms. The third-order valence-corrected chi connectivity index (χ3v) is 8.92. The standard InChI is InChI=1S/C24H27N3O3.C19H19N3O/c1-5-6-15-24(25-26-24)16-17-30-21-13-9-19(10-14-21)18-7-11-20(12-8-18)27(22(28)29)23(2,3)4;1-2-3-12-19(21-22-19)13-14-23-18-10-6-16(7-11-18)15-4-8-17(20)9-5-15/h1,7-14H,6,15-17H2,2-4H3,(H,28,29);1,4-11H,3,12-14,20H2. The molecule has 0 aromatic heterocycles. The molecule has 2 heterocycles. The molecule has 2 aliphatic rings. The zero-order valence-electron chi connectivity index (χ0n) is 30.5. The highest BCUT2D eigenvalue weighted by atomic mass is 16.5. The number of amides is 1. The van der Waals surface area contributed by atoms with Gasteiger partial charge in [-0.2, -0.15) is 20.5 Å². The molecule has 0 atom stereocenters. The van der Waals surface area contributed by atoms with Crippen molar-refractivity contribution >= 4 is 17.5 Å². The fraction of sp³-hybridized carbons (Fsp3) is 0.326. The second-order valence-corrected chi connectivity index (χ2v) is 14.0. The van der Waals surface area contributed by atoms with E-state index in [0.717, 1.165) is 65.1 Å². The molecule has 0 spiro atoms. The van der Waals surface area contributed by atoms with E-state index >= 15 is 0 Å². The van der Waals surface area contributed by atoms with Crippen LogP contribution in [-0.4, -0.2) is 41.3 Å². The van der Waals surface area contributed by atoms with Crippen molar-refractivity contribution in [2.24, 2.45) is 20.5 Å². The molecule has 0 unspecified atom stereocenters. The minimum Gasteiger partial charge on any atom is -0.493 e. The van der Waals surface area contributed by atoms with Gasteiger partial charge in [-0.15, -0.1) is 24.7 Å². The van der Waals surface area contributed by atoms with Crippen LogP contribution < -0.4 is 20.1 Å². The first kappa shape index (κ1) is 38.1. The normalized spacial score (nSPS) is 14.1. The van der Waals surface area contributed by atoms with E-state index in [-0.39, 0.29) is 11.3 Å². The number of hydrogen-bond acceptors (Lipinski definition) is 8. The highest BCUT2D eigenvalue weighted by Gasteiger charge is 2.39. The number of rotatable bonds is 15. The third-order valence-electron chi connectivity index (χ3n) is 8.92. The number of nitrogen functional groups attached to an aromatic ring is 1. The summed E-state index contributed by atoms with van der Waals surface area (Å²) in [5.74, 6) is 6.88. The fourth-order valence-electron chi connectivity index (χ4n) is 5.75. The lowest BCUT2D eigenvalue weighted by Crippen LogP contribution is -2.45. The first-order valence-corrected chi connectivity index (χ1v) is 17.7. The lowest BCUT2D eigenvalue weighted by molar-refractivity contribution is 0.195. The molecular formula is C43H46N6O4. The summed E-state index contributed by atoms with van der Waals surface area (Å²) in [4.78, 5) is 13.0. The molecule has 4 aromatic carbocycles. The van der Waals surface area contributed by atoms with Gasteiger partial charge in [0.15, 0.2) is 11.3 Å². The second kappa shape index (κ2) is 16.9. The van der Waals surface area contributed by atoms with Crippen LogP contribution in [0.1, 0.15) is 59.3 Å². The topological polar surface area (TPSA) is 134 Å². The third kappa shape index (κ3) is 10.9. The lowest BCUT2D eigenvalue weighted by Gasteiger charge is -2.33. The van der Waals surface area contributed by atoms with Gasteiger partial charge in [-0.3, -0.25) is 4.90 Å². The second-order valence-electron chi connectivity index (χ2n) is 14.0. The van der Waals surface area contributed by atoms with E-state index in [1.807, 2.05) is 118 Å². The number of carbonyl (C=O) groups is 1. The van der Waals surface area contributed by atoms with Gasteiger partial charge in [0, 0.05) is 55.4 Å². The van der Waals surface area contributed by atoms with Crippen LogP contribution >= 0.6 is 0 Å². The summed E-state index contributed by atoms with van der Waals surface area (Å²) >= 11 is 0. The zero-order chi connectivity index (χ0) is 37.9. The maximum Gasteiger partial charge on any atom is 0.412 e. The molecule has 0 fully saturated rings. The van der Waals surface area contributed by atoms with E-state index in [1.54, 1.807) is 0 Å². The van der Waals surface area contributed by atoms with Crippen molar-refractivity contribution in [3.05, 3.63) is 97.1 Å². The Morgan fingerprint density at radius 3 is 1.34 bits per heavy atom. The molecular weight excluding hydrogens is 665 g/mol. The van der Waals surface area contributed by atoms with Gasteiger partial charge in [-0.1, -0.05) is 48.5 Å². The van der Waals surface area contributed by atoms with E-state index < -0.39 is 11.6 Å². The van der Waals surface area contributed by atoms with Gasteiger partial charge in [0.2, 0.25) is 0 Å². The van der Waals surface area contributed by atoms with Gasteiger partial charge in [0.1, 0.15) is 11.5 Å². The molecule has 3 N–H and O–H groups in total. The van der Waals surface area contributed by atoms with E-state index in [2.05, 4.69) is 32.3 Å². The molecule has 272 valence electrons. The molecule has 10 heteroatoms. The van der Waals surface area contributed by atoms with Gasteiger partial charge in [0.05, 0.1) is 13.2 Å². The van der Waals surface area contributed by atoms with Crippen molar-refractivity contribution in [1.82, 2.24) is 0 Å². The molecule has 0 radical (unpaired) electrons. The predicted octanol–water partition coefficient (Wildman–Crippen LogP) is 10.3. The van der Waals surface area contributed by atoms with Crippen LogP contribution in [0.2, 0.25) is 0 Å². The van der Waals surface area contributed by atoms with Gasteiger partial charge in [0.25, 0.3) is 0 Å². The van der Waals surface area contributed by atoms with Crippen molar-refractivity contribution in [2.45, 2.75) is 76.2 Å². The first-order valence-electron chi connectivity index (χ1n) is 17.7. The summed E-state index contributed by atoms with van der Waals surface area (Å²) < 4.78 is 11.6. The summed E-state index contributed by atoms with van der Waals surface area (Å²) in [7, 11) is 0. The molecule has 6 rings (SSSR count). The summed E-state index contributed by atoms with van der Waals surface area (Å²) in [6.07, 6.45) is 14.1. The number of benzene rings is 4. The summed E-state index contributed by atoms with van der Waals surface area (Å²) in [5.41, 5.74) is 10.3. The van der Waals surface area contributed by atoms with Crippen LogP contribution in [0.15, 0.2) is 118 Å². The quantitative estimate of drug-likeness (QED) is 0.0935. The van der Waals surface area contributed by atoms with Crippen LogP contribution in [0.5, 0.6) is 11.5 Å². The summed E-state index contributed by atoms with van der Waals surface area (Å²) in [6, 6.07) is 31.2. The lowest BCUT2D eigenvalue weighted by atomic mass is 10.0. The molecule has 0 saturated carbocycles. The Balaban J connectivity index is 0.000000211. The summed E-state index contributed by atoms with van der Waals surface area (Å²) in [6.45, 7) is 6.73. The average molecular weight is 711 g/mol. The van der Waals surface area contributed by atoms with Gasteiger partial charge >= 0.3 is 6.09 Å². The minimum absolute atomic E-state index is 0.281. The predicted molar refractivity (Wildman–Crippen MR) is 210 cm³/mol. The maximum absolute atomic E-state index is 11.6. The van der Waals surface area contributed by atoms with E-state index in [1.165, 1.54) is 4.90 Å². The van der Waals surface area contributed by atoms with Crippen LogP contribution in [-0.2, 0) is 0 Å². The van der Waals surface area contributed by atoms with Crippen molar-refractivity contribution in [1.29, 1.82) is 0 Å². The van der Waals surface area contributed by atoms with Crippen LogP contribution in [0, 0.1) is 24.7 Å². The maximum atomic E-state index is 11.6. The minimum atomic E-state index is -0.968.